The minimum absolute atomic E-state index is 0.0577. The Hall–Kier alpha value is -0.610. The summed E-state index contributed by atoms with van der Waals surface area (Å²) in [4.78, 5) is 14.4. The first-order chi connectivity index (χ1) is 9.66. The largest absolute Gasteiger partial charge is 0.352 e. The van der Waals surface area contributed by atoms with Crippen molar-refractivity contribution >= 4 is 5.91 Å². The molecule has 4 heteroatoms. The first-order valence-electron chi connectivity index (χ1n) is 8.37. The number of rotatable bonds is 5. The molecule has 0 spiro atoms. The Balaban J connectivity index is 1.82. The summed E-state index contributed by atoms with van der Waals surface area (Å²) in [6.07, 6.45) is 12.2. The molecule has 0 atom stereocenters. The van der Waals surface area contributed by atoms with Gasteiger partial charge in [-0.3, -0.25) is 9.69 Å². The SMILES string of the molecule is CN(CC(=O)NC1CCCCC1)C1(CN)CCCCC1. The second kappa shape index (κ2) is 7.41. The van der Waals surface area contributed by atoms with Crippen LogP contribution >= 0.6 is 0 Å². The molecule has 0 radical (unpaired) electrons. The van der Waals surface area contributed by atoms with Crippen molar-refractivity contribution in [1.29, 1.82) is 0 Å². The highest BCUT2D eigenvalue weighted by Gasteiger charge is 2.35. The number of hydrogen-bond donors (Lipinski definition) is 2. The lowest BCUT2D eigenvalue weighted by molar-refractivity contribution is -0.124. The maximum atomic E-state index is 12.2. The van der Waals surface area contributed by atoms with Crippen LogP contribution in [0.3, 0.4) is 0 Å². The number of carbonyl (C=O) groups excluding carboxylic acids is 1. The van der Waals surface area contributed by atoms with Crippen LogP contribution in [-0.4, -0.2) is 42.5 Å². The van der Waals surface area contributed by atoms with Gasteiger partial charge in [-0.05, 0) is 32.7 Å². The Kier molecular flexibility index (Phi) is 5.85. The van der Waals surface area contributed by atoms with Crippen LogP contribution in [0.5, 0.6) is 0 Å². The Labute approximate surface area is 123 Å². The van der Waals surface area contributed by atoms with Crippen molar-refractivity contribution in [3.63, 3.8) is 0 Å². The van der Waals surface area contributed by atoms with Gasteiger partial charge in [0.25, 0.3) is 0 Å². The van der Waals surface area contributed by atoms with Crippen molar-refractivity contribution in [2.75, 3.05) is 20.1 Å². The third kappa shape index (κ3) is 3.95. The number of likely N-dealkylation sites (N-methyl/N-ethyl adjacent to an activating group) is 1. The molecule has 3 N–H and O–H groups in total. The highest BCUT2D eigenvalue weighted by atomic mass is 16.2. The summed E-state index contributed by atoms with van der Waals surface area (Å²) < 4.78 is 0. The molecular weight excluding hydrogens is 250 g/mol. The molecule has 2 aliphatic carbocycles. The van der Waals surface area contributed by atoms with Crippen molar-refractivity contribution in [1.82, 2.24) is 10.2 Å². The fourth-order valence-electron chi connectivity index (χ4n) is 3.85. The molecule has 4 nitrogen and oxygen atoms in total. The number of nitrogens with one attached hydrogen (secondary N) is 1. The van der Waals surface area contributed by atoms with E-state index < -0.39 is 0 Å². The van der Waals surface area contributed by atoms with E-state index >= 15 is 0 Å². The van der Waals surface area contributed by atoms with E-state index in [1.165, 1.54) is 38.5 Å². The van der Waals surface area contributed by atoms with E-state index in [1.807, 2.05) is 0 Å². The molecule has 0 heterocycles. The highest BCUT2D eigenvalue weighted by molar-refractivity contribution is 5.78. The third-order valence-corrected chi connectivity index (χ3v) is 5.33. The molecule has 0 saturated heterocycles. The quantitative estimate of drug-likeness (QED) is 0.810. The Morgan fingerprint density at radius 2 is 1.75 bits per heavy atom. The van der Waals surface area contributed by atoms with Gasteiger partial charge in [0.2, 0.25) is 5.91 Å². The predicted molar refractivity (Wildman–Crippen MR) is 82.5 cm³/mol. The lowest BCUT2D eigenvalue weighted by Gasteiger charge is -2.44. The van der Waals surface area contributed by atoms with E-state index in [-0.39, 0.29) is 11.4 Å². The molecule has 1 amide bonds. The van der Waals surface area contributed by atoms with Crippen LogP contribution in [0.4, 0.5) is 0 Å². The summed E-state index contributed by atoms with van der Waals surface area (Å²) in [6.45, 7) is 1.16. The van der Waals surface area contributed by atoms with Crippen LogP contribution < -0.4 is 11.1 Å². The van der Waals surface area contributed by atoms with Crippen LogP contribution in [0.1, 0.15) is 64.2 Å². The molecule has 2 rings (SSSR count). The first-order valence-corrected chi connectivity index (χ1v) is 8.37. The first kappa shape index (κ1) is 15.8. The van der Waals surface area contributed by atoms with Crippen LogP contribution in [0.25, 0.3) is 0 Å². The van der Waals surface area contributed by atoms with E-state index in [2.05, 4.69) is 17.3 Å². The fourth-order valence-corrected chi connectivity index (χ4v) is 3.85. The molecule has 0 aromatic carbocycles. The second-order valence-corrected chi connectivity index (χ2v) is 6.75. The maximum absolute atomic E-state index is 12.2. The van der Waals surface area contributed by atoms with E-state index in [4.69, 9.17) is 5.73 Å². The predicted octanol–water partition coefficient (Wildman–Crippen LogP) is 2.03. The van der Waals surface area contributed by atoms with Gasteiger partial charge < -0.3 is 11.1 Å². The number of nitrogens with zero attached hydrogens (tertiary/aromatic N) is 1. The topological polar surface area (TPSA) is 58.4 Å². The van der Waals surface area contributed by atoms with E-state index in [0.717, 1.165) is 25.7 Å². The minimum Gasteiger partial charge on any atom is -0.352 e. The molecule has 0 unspecified atom stereocenters. The standard InChI is InChI=1S/C16H31N3O/c1-19(16(13-17)10-6-3-7-11-16)12-15(20)18-14-8-4-2-5-9-14/h14H,2-13,17H2,1H3,(H,18,20). The van der Waals surface area contributed by atoms with Gasteiger partial charge in [0.05, 0.1) is 6.54 Å². The molecule has 2 saturated carbocycles. The molecular formula is C16H31N3O. The maximum Gasteiger partial charge on any atom is 0.234 e. The van der Waals surface area contributed by atoms with Gasteiger partial charge in [-0.25, -0.2) is 0 Å². The van der Waals surface area contributed by atoms with Gasteiger partial charge in [0.1, 0.15) is 0 Å². The average Bonchev–Trinajstić information content (AvgIpc) is 2.48. The van der Waals surface area contributed by atoms with Crippen molar-refractivity contribution in [3.05, 3.63) is 0 Å². The lowest BCUT2D eigenvalue weighted by Crippen LogP contribution is -2.56. The third-order valence-electron chi connectivity index (χ3n) is 5.33. The number of nitrogens with two attached hydrogens (primary N) is 1. The molecule has 0 aromatic rings. The summed E-state index contributed by atoms with van der Waals surface area (Å²) in [7, 11) is 2.07. The van der Waals surface area contributed by atoms with Crippen molar-refractivity contribution in [2.45, 2.75) is 75.8 Å². The molecule has 0 bridgehead atoms. The van der Waals surface area contributed by atoms with Crippen molar-refractivity contribution in [2.24, 2.45) is 5.73 Å². The summed E-state index contributed by atoms with van der Waals surface area (Å²) in [5.74, 6) is 0.179. The Bertz CT molecular complexity index is 307. The molecule has 20 heavy (non-hydrogen) atoms. The highest BCUT2D eigenvalue weighted by Crippen LogP contribution is 2.31. The monoisotopic (exact) mass is 281 g/mol. The zero-order valence-electron chi connectivity index (χ0n) is 13.0. The van der Waals surface area contributed by atoms with E-state index in [0.29, 0.717) is 19.1 Å². The van der Waals surface area contributed by atoms with E-state index in [1.54, 1.807) is 0 Å². The van der Waals surface area contributed by atoms with E-state index in [9.17, 15) is 4.79 Å². The molecule has 2 aliphatic rings. The zero-order chi connectivity index (χ0) is 14.4. The van der Waals surface area contributed by atoms with Crippen LogP contribution in [0.15, 0.2) is 0 Å². The summed E-state index contributed by atoms with van der Waals surface area (Å²) in [5.41, 5.74) is 6.08. The van der Waals surface area contributed by atoms with Crippen LogP contribution in [0.2, 0.25) is 0 Å². The Morgan fingerprint density at radius 1 is 1.15 bits per heavy atom. The van der Waals surface area contributed by atoms with Gasteiger partial charge >= 0.3 is 0 Å². The van der Waals surface area contributed by atoms with Gasteiger partial charge in [0.15, 0.2) is 0 Å². The van der Waals surface area contributed by atoms with Crippen molar-refractivity contribution in [3.8, 4) is 0 Å². The molecule has 116 valence electrons. The zero-order valence-corrected chi connectivity index (χ0v) is 13.0. The molecule has 0 aliphatic heterocycles. The lowest BCUT2D eigenvalue weighted by atomic mass is 9.80. The van der Waals surface area contributed by atoms with Crippen LogP contribution in [-0.2, 0) is 4.79 Å². The van der Waals surface area contributed by atoms with Gasteiger partial charge in [0, 0.05) is 18.1 Å². The molecule has 0 aromatic heterocycles. The summed E-state index contributed by atoms with van der Waals surface area (Å²) in [6, 6.07) is 0.407. The van der Waals surface area contributed by atoms with Crippen molar-refractivity contribution < 1.29 is 4.79 Å². The number of hydrogen-bond acceptors (Lipinski definition) is 3. The van der Waals surface area contributed by atoms with Gasteiger partial charge in [-0.1, -0.05) is 38.5 Å². The average molecular weight is 281 g/mol. The van der Waals surface area contributed by atoms with Gasteiger partial charge in [-0.15, -0.1) is 0 Å². The summed E-state index contributed by atoms with van der Waals surface area (Å²) in [5, 5.41) is 3.21. The smallest absolute Gasteiger partial charge is 0.234 e. The normalized spacial score (nSPS) is 23.8. The minimum atomic E-state index is 0.0577. The second-order valence-electron chi connectivity index (χ2n) is 6.75. The summed E-state index contributed by atoms with van der Waals surface area (Å²) >= 11 is 0. The fraction of sp³-hybridized carbons (Fsp3) is 0.938. The van der Waals surface area contributed by atoms with Gasteiger partial charge in [-0.2, -0.15) is 0 Å². The number of carbonyl (C=O) groups is 1. The number of amides is 1. The molecule has 2 fully saturated rings. The van der Waals surface area contributed by atoms with Crippen LogP contribution in [0, 0.1) is 0 Å². The Morgan fingerprint density at radius 3 is 2.35 bits per heavy atom.